The maximum absolute atomic E-state index is 7.51. The molecule has 53 heavy (non-hydrogen) atoms. The van der Waals surface area contributed by atoms with E-state index in [0.717, 1.165) is 12.8 Å². The number of halogens is 2. The van der Waals surface area contributed by atoms with Crippen LogP contribution in [0.15, 0.2) is 109 Å². The second-order valence-electron chi connectivity index (χ2n) is 17.7. The van der Waals surface area contributed by atoms with Crippen LogP contribution in [0.3, 0.4) is 0 Å². The van der Waals surface area contributed by atoms with Gasteiger partial charge in [-0.1, -0.05) is 0 Å². The summed E-state index contributed by atoms with van der Waals surface area (Å²) >= 11 is -1.56. The van der Waals surface area contributed by atoms with Gasteiger partial charge in [0.2, 0.25) is 0 Å². The van der Waals surface area contributed by atoms with Crippen LogP contribution in [0.25, 0.3) is 49.7 Å². The standard InChI is InChI=1S/2C23H25OSi.2ClH.Zr/c2*1-23(2,3)25(4,5)24-16-14-21-19-12-8-6-10-17(19)18-11-7-9-13-20(18)22(21)15-16;;;/h2*6-13H,14H2,1-5H3;2*1H;/q;;;;+2/p-2. The predicted molar refractivity (Wildman–Crippen MR) is 221 cm³/mol. The molecule has 0 aliphatic heterocycles. The second-order valence-corrected chi connectivity index (χ2v) is 30.2. The number of hydrogen-bond donors (Lipinski definition) is 0. The summed E-state index contributed by atoms with van der Waals surface area (Å²) in [5.41, 5.74) is 5.79. The van der Waals surface area contributed by atoms with Gasteiger partial charge in [-0.05, 0) is 0 Å². The molecule has 0 saturated carbocycles. The van der Waals surface area contributed by atoms with E-state index in [2.05, 4.69) is 165 Å². The van der Waals surface area contributed by atoms with Crippen molar-refractivity contribution in [2.45, 2.75) is 90.6 Å². The SMILES string of the molecule is CC(C)(C)[Si](C)(C)OC1=[C]([Zr+2][C]2=C(O[Si](C)(C)C(C)(C)C)Cc3c2c2ccccc2c2ccccc32)c2c(c3ccccc3c3ccccc23)C1.[Cl-].[Cl-]. The Morgan fingerprint density at radius 2 is 0.698 bits per heavy atom. The average molecular weight is 853 g/mol. The van der Waals surface area contributed by atoms with Crippen LogP contribution in [0.2, 0.25) is 36.3 Å². The van der Waals surface area contributed by atoms with E-state index in [-0.39, 0.29) is 34.9 Å². The van der Waals surface area contributed by atoms with Gasteiger partial charge in [0.05, 0.1) is 0 Å². The van der Waals surface area contributed by atoms with Crippen LogP contribution in [0, 0.1) is 0 Å². The Kier molecular flexibility index (Phi) is 10.7. The Hall–Kier alpha value is -2.66. The molecular formula is C46H50Cl2O2Si2Zr. The Bertz CT molecular complexity index is 2310. The summed E-state index contributed by atoms with van der Waals surface area (Å²) in [6.45, 7) is 23.9. The van der Waals surface area contributed by atoms with Gasteiger partial charge in [0.25, 0.3) is 0 Å². The van der Waals surface area contributed by atoms with Crippen LogP contribution in [0.1, 0.15) is 63.8 Å². The van der Waals surface area contributed by atoms with Crippen molar-refractivity contribution >= 4 is 66.3 Å². The van der Waals surface area contributed by atoms with Gasteiger partial charge in [0.1, 0.15) is 0 Å². The van der Waals surface area contributed by atoms with Crippen molar-refractivity contribution in [3.8, 4) is 0 Å². The zero-order valence-corrected chi connectivity index (χ0v) is 38.7. The van der Waals surface area contributed by atoms with E-state index in [0.29, 0.717) is 0 Å². The molecule has 0 N–H and O–H groups in total. The first kappa shape index (κ1) is 40.0. The molecule has 272 valence electrons. The number of hydrogen-bond acceptors (Lipinski definition) is 2. The summed E-state index contributed by atoms with van der Waals surface area (Å²) in [4.78, 5) is 0. The fraction of sp³-hybridized carbons (Fsp3) is 0.304. The molecule has 0 atom stereocenters. The van der Waals surface area contributed by atoms with E-state index in [4.69, 9.17) is 8.85 Å². The van der Waals surface area contributed by atoms with Crippen molar-refractivity contribution in [3.05, 3.63) is 131 Å². The van der Waals surface area contributed by atoms with E-state index in [9.17, 15) is 0 Å². The summed E-state index contributed by atoms with van der Waals surface area (Å²) in [5.74, 6) is 2.48. The molecule has 2 nitrogen and oxygen atoms in total. The maximum Gasteiger partial charge on any atom is -1.00 e. The second kappa shape index (κ2) is 14.1. The van der Waals surface area contributed by atoms with Gasteiger partial charge in [-0.2, -0.15) is 0 Å². The third kappa shape index (κ3) is 6.61. The van der Waals surface area contributed by atoms with Crippen molar-refractivity contribution in [1.82, 2.24) is 0 Å². The fourth-order valence-electron chi connectivity index (χ4n) is 7.63. The van der Waals surface area contributed by atoms with Gasteiger partial charge in [-0.3, -0.25) is 0 Å². The molecule has 8 rings (SSSR count). The molecule has 0 spiro atoms. The number of rotatable bonds is 6. The van der Waals surface area contributed by atoms with E-state index in [1.807, 2.05) is 0 Å². The molecule has 0 bridgehead atoms. The van der Waals surface area contributed by atoms with E-state index in [1.165, 1.54) is 83.4 Å². The molecule has 6 aromatic rings. The molecule has 0 fully saturated rings. The van der Waals surface area contributed by atoms with Crippen LogP contribution in [-0.2, 0) is 44.9 Å². The average Bonchev–Trinajstić information content (AvgIpc) is 3.62. The van der Waals surface area contributed by atoms with Crippen LogP contribution in [0.4, 0.5) is 0 Å². The molecule has 2 aliphatic carbocycles. The van der Waals surface area contributed by atoms with Gasteiger partial charge in [-0.25, -0.2) is 0 Å². The fourth-order valence-corrected chi connectivity index (χ4v) is 14.3. The smallest absolute Gasteiger partial charge is 1.00 e. The quantitative estimate of drug-likeness (QED) is 0.127. The summed E-state index contributed by atoms with van der Waals surface area (Å²) in [6, 6.07) is 36.3. The molecule has 7 heteroatoms. The predicted octanol–water partition coefficient (Wildman–Crippen LogP) is 7.58. The molecule has 0 saturated heterocycles. The minimum atomic E-state index is -2.14. The van der Waals surface area contributed by atoms with Crippen LogP contribution in [0.5, 0.6) is 0 Å². The van der Waals surface area contributed by atoms with E-state index in [1.54, 1.807) is 0 Å². The zero-order valence-electron chi connectivity index (χ0n) is 32.7. The van der Waals surface area contributed by atoms with Crippen LogP contribution >= 0.6 is 0 Å². The Labute approximate surface area is 342 Å². The normalized spacial score (nSPS) is 14.7. The zero-order chi connectivity index (χ0) is 36.1. The minimum Gasteiger partial charge on any atom is -1.00 e. The first-order valence-electron chi connectivity index (χ1n) is 18.5. The van der Waals surface area contributed by atoms with Crippen LogP contribution < -0.4 is 24.8 Å². The molecule has 0 amide bonds. The van der Waals surface area contributed by atoms with Gasteiger partial charge >= 0.3 is 320 Å². The summed E-state index contributed by atoms with van der Waals surface area (Å²) in [5, 5.41) is 11.0. The molecular weight excluding hydrogens is 803 g/mol. The summed E-state index contributed by atoms with van der Waals surface area (Å²) < 4.78 is 18.0. The van der Waals surface area contributed by atoms with Crippen molar-refractivity contribution in [3.63, 3.8) is 0 Å². The first-order valence-corrected chi connectivity index (χ1v) is 26.8. The topological polar surface area (TPSA) is 18.5 Å². The van der Waals surface area contributed by atoms with Gasteiger partial charge < -0.3 is 24.8 Å². The Balaban J connectivity index is 0.00000240. The molecule has 2 aliphatic rings. The minimum absolute atomic E-state index is 0. The summed E-state index contributed by atoms with van der Waals surface area (Å²) in [7, 11) is -4.29. The summed E-state index contributed by atoms with van der Waals surface area (Å²) in [6.07, 6.45) is 1.72. The van der Waals surface area contributed by atoms with Gasteiger partial charge in [-0.15, -0.1) is 0 Å². The largest absolute Gasteiger partial charge is 1.00 e. The van der Waals surface area contributed by atoms with Crippen molar-refractivity contribution in [2.75, 3.05) is 0 Å². The Morgan fingerprint density at radius 3 is 1.00 bits per heavy atom. The Morgan fingerprint density at radius 1 is 0.434 bits per heavy atom. The molecule has 6 aromatic carbocycles. The number of fused-ring (bicyclic) bond motifs is 12. The third-order valence-corrected chi connectivity index (χ3v) is 25.0. The number of allylic oxidation sites excluding steroid dienone is 2. The maximum atomic E-state index is 7.51. The molecule has 0 radical (unpaired) electrons. The van der Waals surface area contributed by atoms with Crippen molar-refractivity contribution in [1.29, 1.82) is 0 Å². The number of benzene rings is 6. The van der Waals surface area contributed by atoms with E-state index < -0.39 is 39.9 Å². The van der Waals surface area contributed by atoms with Gasteiger partial charge in [0.15, 0.2) is 0 Å². The van der Waals surface area contributed by atoms with Gasteiger partial charge in [0, 0.05) is 0 Å². The monoisotopic (exact) mass is 850 g/mol. The molecule has 0 aromatic heterocycles. The van der Waals surface area contributed by atoms with E-state index >= 15 is 0 Å². The van der Waals surface area contributed by atoms with Crippen molar-refractivity contribution < 1.29 is 56.9 Å². The molecule has 0 heterocycles. The van der Waals surface area contributed by atoms with Crippen LogP contribution in [-0.4, -0.2) is 16.6 Å². The third-order valence-electron chi connectivity index (χ3n) is 12.4. The molecule has 0 unspecified atom stereocenters. The first-order chi connectivity index (χ1) is 24.1. The van der Waals surface area contributed by atoms with Crippen molar-refractivity contribution in [2.24, 2.45) is 0 Å².